The summed E-state index contributed by atoms with van der Waals surface area (Å²) in [5, 5.41) is 2.58. The van der Waals surface area contributed by atoms with Gasteiger partial charge in [-0.1, -0.05) is 196 Å². The van der Waals surface area contributed by atoms with Crippen molar-refractivity contribution >= 4 is 56.3 Å². The van der Waals surface area contributed by atoms with Crippen LogP contribution in [0.2, 0.25) is 0 Å². The van der Waals surface area contributed by atoms with Gasteiger partial charge in [-0.05, 0) is 199 Å². The van der Waals surface area contributed by atoms with Crippen molar-refractivity contribution in [2.45, 2.75) is 123 Å². The molecule has 1 aromatic heterocycles. The summed E-state index contributed by atoms with van der Waals surface area (Å²) < 4.78 is 10.4. The predicted octanol–water partition coefficient (Wildman–Crippen LogP) is 18.4. The largest absolute Gasteiger partial charge is 0.458 e. The zero-order chi connectivity index (χ0) is 54.6. The molecule has 2 aliphatic heterocycles. The number of nitrogens with zero attached hydrogens (tertiary/aromatic N) is 2. The van der Waals surface area contributed by atoms with Gasteiger partial charge in [0.2, 0.25) is 0 Å². The Morgan fingerprint density at radius 2 is 0.912 bits per heavy atom. The molecule has 80 heavy (non-hydrogen) atoms. The molecule has 3 nitrogen and oxygen atoms in total. The summed E-state index contributed by atoms with van der Waals surface area (Å²) in [5.41, 5.74) is 23.9. The molecule has 6 aliphatic rings. The first-order chi connectivity index (χ1) is 38.5. The molecule has 4 bridgehead atoms. The molecule has 0 unspecified atom stereocenters. The second-order valence-electron chi connectivity index (χ2n) is 28.0. The van der Waals surface area contributed by atoms with Gasteiger partial charge in [-0.2, -0.15) is 0 Å². The Hall–Kier alpha value is -7.56. The van der Waals surface area contributed by atoms with Gasteiger partial charge >= 0.3 is 0 Å². The van der Waals surface area contributed by atoms with Crippen LogP contribution in [0.25, 0.3) is 72.0 Å². The van der Waals surface area contributed by atoms with Crippen LogP contribution >= 0.6 is 0 Å². The summed E-state index contributed by atoms with van der Waals surface area (Å²) in [5.74, 6) is 4.16. The smallest absolute Gasteiger partial charge is 0.256 e. The highest BCUT2D eigenvalue weighted by atomic mass is 16.5. The van der Waals surface area contributed by atoms with E-state index in [1.807, 2.05) is 0 Å². The third-order valence-corrected chi connectivity index (χ3v) is 19.6. The van der Waals surface area contributed by atoms with Crippen molar-refractivity contribution in [1.29, 1.82) is 0 Å². The standard InChI is InChI=1S/C76H73BN2O/c1-73(2,3)55-27-25-50(26-28-55)54-36-69-71-70(37-54)80-72-61(53-23-17-12-18-24-53)40-58(78-66-31-29-56(74(4,5)6)38-62(66)63-39-57(75(7,8)9)30-32-67(63)78)41-65(72)77(71)64-42-59(51-19-13-10-14-20-51)60(52-21-15-11-16-22-52)43-68(64)79(69)76-44-47-33-48(45-76)35-49(34-47)46-76/h10-32,36-43,47-49H,33-35,44-46H2,1-9H3. The second kappa shape index (κ2) is 17.7. The van der Waals surface area contributed by atoms with Crippen molar-refractivity contribution in [1.82, 2.24) is 4.57 Å². The van der Waals surface area contributed by atoms with Crippen molar-refractivity contribution in [3.05, 3.63) is 205 Å². The number of anilines is 2. The molecule has 0 N–H and O–H groups in total. The van der Waals surface area contributed by atoms with Crippen molar-refractivity contribution < 1.29 is 4.74 Å². The fourth-order valence-corrected chi connectivity index (χ4v) is 16.0. The van der Waals surface area contributed by atoms with Gasteiger partial charge in [-0.3, -0.25) is 0 Å². The molecule has 4 aliphatic carbocycles. The molecule has 4 saturated carbocycles. The van der Waals surface area contributed by atoms with Gasteiger partial charge in [0.1, 0.15) is 11.5 Å². The van der Waals surface area contributed by atoms with Crippen LogP contribution in [-0.4, -0.2) is 16.8 Å². The molecule has 3 heterocycles. The lowest BCUT2D eigenvalue weighted by Gasteiger charge is -2.62. The fraction of sp³-hybridized carbons (Fsp3) is 0.289. The number of rotatable bonds is 6. The molecule has 396 valence electrons. The molecule has 4 heteroatoms. The van der Waals surface area contributed by atoms with E-state index in [4.69, 9.17) is 4.74 Å². The van der Waals surface area contributed by atoms with Gasteiger partial charge in [-0.25, -0.2) is 0 Å². The molecule has 10 aromatic rings. The molecule has 0 spiro atoms. The highest BCUT2D eigenvalue weighted by Gasteiger charge is 2.57. The fourth-order valence-electron chi connectivity index (χ4n) is 16.0. The Kier molecular flexibility index (Phi) is 11.0. The van der Waals surface area contributed by atoms with Crippen LogP contribution in [0.5, 0.6) is 11.5 Å². The van der Waals surface area contributed by atoms with Crippen molar-refractivity contribution in [3.63, 3.8) is 0 Å². The van der Waals surface area contributed by atoms with E-state index < -0.39 is 0 Å². The Balaban J connectivity index is 1.06. The Morgan fingerprint density at radius 3 is 1.43 bits per heavy atom. The van der Waals surface area contributed by atoms with Gasteiger partial charge in [0.05, 0.1) is 11.0 Å². The maximum atomic E-state index is 7.86. The van der Waals surface area contributed by atoms with Crippen LogP contribution in [0.15, 0.2) is 188 Å². The third kappa shape index (κ3) is 7.89. The average Bonchev–Trinajstić information content (AvgIpc) is 3.94. The third-order valence-electron chi connectivity index (χ3n) is 19.6. The Morgan fingerprint density at radius 1 is 0.425 bits per heavy atom. The molecule has 0 amide bonds. The number of benzene rings is 9. The minimum absolute atomic E-state index is 0.00780. The summed E-state index contributed by atoms with van der Waals surface area (Å²) in [7, 11) is 0. The molecule has 0 saturated heterocycles. The highest BCUT2D eigenvalue weighted by molar-refractivity contribution is 6.99. The summed E-state index contributed by atoms with van der Waals surface area (Å²) >= 11 is 0. The quantitative estimate of drug-likeness (QED) is 0.154. The van der Waals surface area contributed by atoms with Gasteiger partial charge in [0.25, 0.3) is 6.71 Å². The van der Waals surface area contributed by atoms with E-state index in [2.05, 4.69) is 260 Å². The number of hydrogen-bond donors (Lipinski definition) is 0. The lowest BCUT2D eigenvalue weighted by molar-refractivity contribution is 0.000634. The van der Waals surface area contributed by atoms with Gasteiger partial charge in [0.15, 0.2) is 0 Å². The second-order valence-corrected chi connectivity index (χ2v) is 28.0. The summed E-state index contributed by atoms with van der Waals surface area (Å²) in [6.45, 7) is 20.8. The van der Waals surface area contributed by atoms with Crippen LogP contribution in [0.4, 0.5) is 11.4 Å². The summed E-state index contributed by atoms with van der Waals surface area (Å²) in [6, 6.07) is 72.6. The van der Waals surface area contributed by atoms with Crippen LogP contribution in [0.3, 0.4) is 0 Å². The monoisotopic (exact) mass is 1040 g/mol. The maximum absolute atomic E-state index is 7.86. The van der Waals surface area contributed by atoms with Crippen molar-refractivity contribution in [3.8, 4) is 61.7 Å². The lowest BCUT2D eigenvalue weighted by atomic mass is 9.33. The topological polar surface area (TPSA) is 17.4 Å². The lowest BCUT2D eigenvalue weighted by Crippen LogP contribution is -2.66. The zero-order valence-corrected chi connectivity index (χ0v) is 48.3. The predicted molar refractivity (Wildman–Crippen MR) is 339 cm³/mol. The van der Waals surface area contributed by atoms with E-state index in [1.165, 1.54) is 138 Å². The SMILES string of the molecule is CC(C)(C)c1ccc(-c2cc3c4c(c2)N(C25CC6CC(CC(C6)C2)C5)c2cc(-c5ccccc5)c(-c5ccccc5)cc2B4c2cc(-n4c5ccc(C(C)(C)C)cc5c5cc(C(C)(C)C)ccc54)cc(-c4ccccc4)c2O3)cc1. The van der Waals surface area contributed by atoms with E-state index in [1.54, 1.807) is 0 Å². The first kappa shape index (κ1) is 49.5. The van der Waals surface area contributed by atoms with Gasteiger partial charge < -0.3 is 14.2 Å². The van der Waals surface area contributed by atoms with Gasteiger partial charge in [-0.15, -0.1) is 0 Å². The van der Waals surface area contributed by atoms with Crippen molar-refractivity contribution in [2.24, 2.45) is 17.8 Å². The summed E-state index contributed by atoms with van der Waals surface area (Å²) in [6.07, 6.45) is 7.81. The molecule has 0 atom stereocenters. The van der Waals surface area contributed by atoms with Crippen molar-refractivity contribution in [2.75, 3.05) is 4.90 Å². The maximum Gasteiger partial charge on any atom is 0.256 e. The van der Waals surface area contributed by atoms with Crippen LogP contribution in [-0.2, 0) is 16.2 Å². The van der Waals surface area contributed by atoms with Crippen LogP contribution in [0, 0.1) is 17.8 Å². The van der Waals surface area contributed by atoms with Crippen LogP contribution < -0.4 is 26.0 Å². The van der Waals surface area contributed by atoms with E-state index in [9.17, 15) is 0 Å². The normalized spacial score (nSPS) is 20.0. The molecule has 4 fully saturated rings. The van der Waals surface area contributed by atoms with E-state index in [-0.39, 0.29) is 28.5 Å². The van der Waals surface area contributed by atoms with Gasteiger partial charge in [0, 0.05) is 38.9 Å². The Labute approximate surface area is 474 Å². The summed E-state index contributed by atoms with van der Waals surface area (Å²) in [4.78, 5) is 2.96. The zero-order valence-electron chi connectivity index (χ0n) is 48.3. The molecule has 0 radical (unpaired) electrons. The number of fused-ring (bicyclic) bond motifs is 7. The number of ether oxygens (including phenoxy) is 1. The van der Waals surface area contributed by atoms with E-state index in [0.29, 0.717) is 0 Å². The number of hydrogen-bond acceptors (Lipinski definition) is 2. The number of aromatic nitrogens is 1. The molecular weight excluding hydrogens is 968 g/mol. The first-order valence-electron chi connectivity index (χ1n) is 29.8. The molecule has 9 aromatic carbocycles. The van der Waals surface area contributed by atoms with E-state index in [0.717, 1.165) is 46.1 Å². The van der Waals surface area contributed by atoms with E-state index >= 15 is 0 Å². The minimum atomic E-state index is -0.135. The molecular formula is C76H73BN2O. The average molecular weight is 1040 g/mol. The highest BCUT2D eigenvalue weighted by Crippen LogP contribution is 2.61. The first-order valence-corrected chi connectivity index (χ1v) is 29.8. The minimum Gasteiger partial charge on any atom is -0.458 e. The van der Waals surface area contributed by atoms with Crippen LogP contribution in [0.1, 0.15) is 118 Å². The Bertz CT molecular complexity index is 4000. The molecule has 16 rings (SSSR count).